The maximum atomic E-state index is 5.42. The van der Waals surface area contributed by atoms with Crippen molar-refractivity contribution in [3.8, 4) is 5.75 Å². The zero-order valence-electron chi connectivity index (χ0n) is 15.4. The van der Waals surface area contributed by atoms with Gasteiger partial charge in [0.05, 0.1) is 7.11 Å². The molecule has 2 fully saturated rings. The molecule has 1 N–H and O–H groups in total. The van der Waals surface area contributed by atoms with Crippen molar-refractivity contribution in [2.45, 2.75) is 45.4 Å². The lowest BCUT2D eigenvalue weighted by molar-refractivity contribution is 0.309. The summed E-state index contributed by atoms with van der Waals surface area (Å²) in [4.78, 5) is 6.97. The maximum Gasteiger partial charge on any atom is 0.193 e. The summed E-state index contributed by atoms with van der Waals surface area (Å²) in [5, 5.41) is 3.55. The molecule has 1 saturated carbocycles. The van der Waals surface area contributed by atoms with E-state index in [9.17, 15) is 0 Å². The number of guanidine groups is 1. The molecule has 1 aromatic rings. The van der Waals surface area contributed by atoms with Gasteiger partial charge in [-0.25, -0.2) is 0 Å². The quantitative estimate of drug-likeness (QED) is 0.679. The number of nitrogens with zero attached hydrogens (tertiary/aromatic N) is 2. The van der Waals surface area contributed by atoms with E-state index >= 15 is 0 Å². The number of hydrogen-bond donors (Lipinski definition) is 1. The van der Waals surface area contributed by atoms with Gasteiger partial charge in [0.1, 0.15) is 5.75 Å². The number of ether oxygens (including phenoxy) is 1. The van der Waals surface area contributed by atoms with Gasteiger partial charge >= 0.3 is 0 Å². The largest absolute Gasteiger partial charge is 0.496 e. The van der Waals surface area contributed by atoms with Crippen LogP contribution in [0.4, 0.5) is 0 Å². The summed E-state index contributed by atoms with van der Waals surface area (Å²) in [7, 11) is 3.63. The first-order valence-corrected chi connectivity index (χ1v) is 9.25. The van der Waals surface area contributed by atoms with Gasteiger partial charge in [-0.15, -0.1) is 0 Å². The van der Waals surface area contributed by atoms with E-state index in [1.54, 1.807) is 7.11 Å². The van der Waals surface area contributed by atoms with Gasteiger partial charge in [0.25, 0.3) is 0 Å². The molecule has 4 heteroatoms. The summed E-state index contributed by atoms with van der Waals surface area (Å²) >= 11 is 0. The molecule has 132 valence electrons. The molecular weight excluding hydrogens is 298 g/mol. The van der Waals surface area contributed by atoms with Crippen molar-refractivity contribution in [1.82, 2.24) is 10.2 Å². The van der Waals surface area contributed by atoms with Crippen molar-refractivity contribution in [3.05, 3.63) is 29.3 Å². The smallest absolute Gasteiger partial charge is 0.193 e. The van der Waals surface area contributed by atoms with E-state index in [2.05, 4.69) is 40.3 Å². The Morgan fingerprint density at radius 3 is 2.79 bits per heavy atom. The van der Waals surface area contributed by atoms with Gasteiger partial charge in [0.15, 0.2) is 5.96 Å². The van der Waals surface area contributed by atoms with Crippen LogP contribution in [0.15, 0.2) is 23.2 Å². The minimum absolute atomic E-state index is 0.585. The Bertz CT molecular complexity index is 591. The average Bonchev–Trinajstić information content (AvgIpc) is 3.23. The summed E-state index contributed by atoms with van der Waals surface area (Å²) < 4.78 is 5.42. The summed E-state index contributed by atoms with van der Waals surface area (Å²) in [6, 6.07) is 6.46. The molecule has 0 amide bonds. The molecule has 24 heavy (non-hydrogen) atoms. The molecule has 1 heterocycles. The summed E-state index contributed by atoms with van der Waals surface area (Å²) in [5.74, 6) is 2.04. The molecule has 0 bridgehead atoms. The van der Waals surface area contributed by atoms with Crippen LogP contribution in [0, 0.1) is 12.3 Å². The Morgan fingerprint density at radius 1 is 1.29 bits per heavy atom. The van der Waals surface area contributed by atoms with Crippen LogP contribution in [0.5, 0.6) is 5.75 Å². The van der Waals surface area contributed by atoms with E-state index in [4.69, 9.17) is 4.74 Å². The number of aliphatic imine (C=N–C) groups is 1. The van der Waals surface area contributed by atoms with Gasteiger partial charge < -0.3 is 15.0 Å². The molecule has 1 spiro atoms. The number of benzene rings is 1. The lowest BCUT2D eigenvalue weighted by Gasteiger charge is -2.26. The molecule has 2 aliphatic rings. The number of likely N-dealkylation sites (tertiary alicyclic amines) is 1. The van der Waals surface area contributed by atoms with Crippen molar-refractivity contribution in [2.75, 3.05) is 33.8 Å². The predicted octanol–water partition coefficient (Wildman–Crippen LogP) is 3.39. The SMILES string of the molecule is CN=C(NCCc1ccc(C)c(OC)c1)N1CCC2(CCCC2)C1. The normalized spacial score (nSPS) is 20.0. The zero-order valence-corrected chi connectivity index (χ0v) is 15.4. The Labute approximate surface area is 146 Å². The van der Waals surface area contributed by atoms with Gasteiger partial charge in [-0.1, -0.05) is 25.0 Å². The lowest BCUT2D eigenvalue weighted by Crippen LogP contribution is -2.41. The van der Waals surface area contributed by atoms with Gasteiger partial charge in [-0.2, -0.15) is 0 Å². The monoisotopic (exact) mass is 329 g/mol. The second-order valence-corrected chi connectivity index (χ2v) is 7.41. The lowest BCUT2D eigenvalue weighted by atomic mass is 9.86. The van der Waals surface area contributed by atoms with Crippen molar-refractivity contribution in [3.63, 3.8) is 0 Å². The number of rotatable bonds is 4. The first-order valence-electron chi connectivity index (χ1n) is 9.25. The van der Waals surface area contributed by atoms with Crippen LogP contribution in [0.3, 0.4) is 0 Å². The molecule has 1 aliphatic heterocycles. The molecule has 4 nitrogen and oxygen atoms in total. The predicted molar refractivity (Wildman–Crippen MR) is 99.9 cm³/mol. The molecule has 0 atom stereocenters. The first-order chi connectivity index (χ1) is 11.7. The van der Waals surface area contributed by atoms with E-state index in [1.807, 2.05) is 7.05 Å². The summed E-state index contributed by atoms with van der Waals surface area (Å²) in [5.41, 5.74) is 3.07. The van der Waals surface area contributed by atoms with Crippen molar-refractivity contribution in [2.24, 2.45) is 10.4 Å². The third-order valence-electron chi connectivity index (χ3n) is 5.78. The van der Waals surface area contributed by atoms with E-state index in [0.29, 0.717) is 5.41 Å². The van der Waals surface area contributed by atoms with Crippen molar-refractivity contribution >= 4 is 5.96 Å². The minimum atomic E-state index is 0.585. The molecule has 1 saturated heterocycles. The molecular formula is C20H31N3O. The first kappa shape index (κ1) is 17.1. The van der Waals surface area contributed by atoms with E-state index in [-0.39, 0.29) is 0 Å². The average molecular weight is 329 g/mol. The van der Waals surface area contributed by atoms with E-state index in [1.165, 1.54) is 49.8 Å². The van der Waals surface area contributed by atoms with E-state index in [0.717, 1.165) is 31.2 Å². The Balaban J connectivity index is 1.52. The standard InChI is InChI=1S/C20H31N3O/c1-16-6-7-17(14-18(16)24-3)8-12-22-19(21-2)23-13-11-20(15-23)9-4-5-10-20/h6-7,14H,4-5,8-13,15H2,1-3H3,(H,21,22). The fourth-order valence-electron chi connectivity index (χ4n) is 4.32. The van der Waals surface area contributed by atoms with Crippen LogP contribution >= 0.6 is 0 Å². The van der Waals surface area contributed by atoms with Gasteiger partial charge in [0, 0.05) is 26.7 Å². The summed E-state index contributed by atoms with van der Waals surface area (Å²) in [6.45, 7) is 5.32. The minimum Gasteiger partial charge on any atom is -0.496 e. The molecule has 0 radical (unpaired) electrons. The molecule has 0 unspecified atom stereocenters. The third kappa shape index (κ3) is 3.68. The van der Waals surface area contributed by atoms with Gasteiger partial charge in [-0.3, -0.25) is 4.99 Å². The van der Waals surface area contributed by atoms with Crippen molar-refractivity contribution < 1.29 is 4.74 Å². The molecule has 1 aromatic carbocycles. The second kappa shape index (κ2) is 7.45. The second-order valence-electron chi connectivity index (χ2n) is 7.41. The van der Waals surface area contributed by atoms with Crippen LogP contribution in [0.25, 0.3) is 0 Å². The fourth-order valence-corrected chi connectivity index (χ4v) is 4.32. The van der Waals surface area contributed by atoms with E-state index < -0.39 is 0 Å². The number of aryl methyl sites for hydroxylation is 1. The van der Waals surface area contributed by atoms with Crippen LogP contribution in [0.1, 0.15) is 43.2 Å². The number of nitrogens with one attached hydrogen (secondary N) is 1. The van der Waals surface area contributed by atoms with Crippen molar-refractivity contribution in [1.29, 1.82) is 0 Å². The Morgan fingerprint density at radius 2 is 2.08 bits per heavy atom. The highest BCUT2D eigenvalue weighted by atomic mass is 16.5. The van der Waals surface area contributed by atoms with Crippen LogP contribution in [-0.2, 0) is 6.42 Å². The zero-order chi connectivity index (χ0) is 17.0. The highest BCUT2D eigenvalue weighted by Crippen LogP contribution is 2.45. The number of hydrogen-bond acceptors (Lipinski definition) is 2. The van der Waals surface area contributed by atoms with Gasteiger partial charge in [0.2, 0.25) is 0 Å². The maximum absolute atomic E-state index is 5.42. The number of methoxy groups -OCH3 is 1. The highest BCUT2D eigenvalue weighted by molar-refractivity contribution is 5.80. The Hall–Kier alpha value is -1.71. The van der Waals surface area contributed by atoms with Gasteiger partial charge in [-0.05, 0) is 55.2 Å². The fraction of sp³-hybridized carbons (Fsp3) is 0.650. The highest BCUT2D eigenvalue weighted by Gasteiger charge is 2.40. The summed E-state index contributed by atoms with van der Waals surface area (Å²) in [6.07, 6.45) is 7.95. The van der Waals surface area contributed by atoms with Crippen LogP contribution in [-0.4, -0.2) is 44.7 Å². The van der Waals surface area contributed by atoms with Crippen LogP contribution in [0.2, 0.25) is 0 Å². The third-order valence-corrected chi connectivity index (χ3v) is 5.78. The topological polar surface area (TPSA) is 36.9 Å². The molecule has 0 aromatic heterocycles. The van der Waals surface area contributed by atoms with Crippen LogP contribution < -0.4 is 10.1 Å². The molecule has 3 rings (SSSR count). The molecule has 1 aliphatic carbocycles. The Kier molecular flexibility index (Phi) is 5.32.